The van der Waals surface area contributed by atoms with E-state index in [0.29, 0.717) is 19.8 Å². The SMILES string of the molecule is CCCCCCCCCCCCOCC(C#N)(OCC)OCC. The second-order valence-corrected chi connectivity index (χ2v) is 5.97. The lowest BCUT2D eigenvalue weighted by molar-refractivity contribution is -0.220. The molecule has 0 aliphatic carbocycles. The van der Waals surface area contributed by atoms with E-state index in [0.717, 1.165) is 6.42 Å². The van der Waals surface area contributed by atoms with Crippen LogP contribution in [0.25, 0.3) is 0 Å². The number of ether oxygens (including phenoxy) is 3. The molecule has 0 amide bonds. The normalized spacial score (nSPS) is 11.6. The molecule has 0 aliphatic rings. The predicted octanol–water partition coefficient (Wildman–Crippen LogP) is 5.22. The summed E-state index contributed by atoms with van der Waals surface area (Å²) in [7, 11) is 0. The van der Waals surface area contributed by atoms with Gasteiger partial charge in [-0.2, -0.15) is 5.26 Å². The van der Waals surface area contributed by atoms with Crippen LogP contribution in [0.2, 0.25) is 0 Å². The topological polar surface area (TPSA) is 51.5 Å². The van der Waals surface area contributed by atoms with Crippen LogP contribution in [0.1, 0.15) is 85.0 Å². The van der Waals surface area contributed by atoms with Crippen LogP contribution in [0.15, 0.2) is 0 Å². The molecule has 4 nitrogen and oxygen atoms in total. The third kappa shape index (κ3) is 12.5. The van der Waals surface area contributed by atoms with Gasteiger partial charge in [-0.05, 0) is 20.3 Å². The van der Waals surface area contributed by atoms with Gasteiger partial charge in [0.25, 0.3) is 5.79 Å². The summed E-state index contributed by atoms with van der Waals surface area (Å²) in [5, 5.41) is 9.24. The van der Waals surface area contributed by atoms with Crippen molar-refractivity contribution < 1.29 is 14.2 Å². The Bertz CT molecular complexity index is 283. The zero-order chi connectivity index (χ0) is 17.2. The molecule has 0 N–H and O–H groups in total. The van der Waals surface area contributed by atoms with Gasteiger partial charge >= 0.3 is 0 Å². The van der Waals surface area contributed by atoms with Crippen molar-refractivity contribution in [3.05, 3.63) is 0 Å². The lowest BCUT2D eigenvalue weighted by atomic mass is 10.1. The molecule has 136 valence electrons. The minimum atomic E-state index is -1.23. The molecule has 0 radical (unpaired) electrons. The molecule has 0 spiro atoms. The summed E-state index contributed by atoms with van der Waals surface area (Å²) >= 11 is 0. The summed E-state index contributed by atoms with van der Waals surface area (Å²) in [5.74, 6) is -1.23. The van der Waals surface area contributed by atoms with E-state index in [2.05, 4.69) is 13.0 Å². The van der Waals surface area contributed by atoms with Crippen LogP contribution in [-0.2, 0) is 14.2 Å². The summed E-state index contributed by atoms with van der Waals surface area (Å²) in [4.78, 5) is 0. The maximum absolute atomic E-state index is 9.24. The van der Waals surface area contributed by atoms with E-state index in [1.165, 1.54) is 57.8 Å². The molecule has 0 aromatic carbocycles. The van der Waals surface area contributed by atoms with E-state index >= 15 is 0 Å². The number of hydrogen-bond donors (Lipinski definition) is 0. The third-order valence-corrected chi connectivity index (χ3v) is 3.86. The van der Waals surface area contributed by atoms with E-state index in [1.807, 2.05) is 13.8 Å². The van der Waals surface area contributed by atoms with E-state index in [1.54, 1.807) is 0 Å². The quantitative estimate of drug-likeness (QED) is 0.271. The smallest absolute Gasteiger partial charge is 0.283 e. The van der Waals surface area contributed by atoms with Crippen molar-refractivity contribution in [2.24, 2.45) is 0 Å². The molecule has 23 heavy (non-hydrogen) atoms. The number of nitriles is 1. The Morgan fingerprint density at radius 2 is 1.22 bits per heavy atom. The Balaban J connectivity index is 3.51. The fourth-order valence-corrected chi connectivity index (χ4v) is 2.59. The summed E-state index contributed by atoms with van der Waals surface area (Å²) in [6, 6.07) is 2.09. The standard InChI is InChI=1S/C19H37NO3/c1-4-7-8-9-10-11-12-13-14-15-16-21-18-19(17-20,22-5-2)23-6-3/h4-16,18H2,1-3H3. The summed E-state index contributed by atoms with van der Waals surface area (Å²) < 4.78 is 16.4. The first-order chi connectivity index (χ1) is 11.2. The van der Waals surface area contributed by atoms with Crippen LogP contribution >= 0.6 is 0 Å². The predicted molar refractivity (Wildman–Crippen MR) is 94.3 cm³/mol. The number of hydrogen-bond acceptors (Lipinski definition) is 4. The van der Waals surface area contributed by atoms with Crippen LogP contribution in [-0.4, -0.2) is 32.2 Å². The van der Waals surface area contributed by atoms with Crippen molar-refractivity contribution in [3.8, 4) is 6.07 Å². The summed E-state index contributed by atoms with van der Waals surface area (Å²) in [6.45, 7) is 7.69. The number of nitrogens with zero attached hydrogens (tertiary/aromatic N) is 1. The van der Waals surface area contributed by atoms with Gasteiger partial charge in [0.1, 0.15) is 12.7 Å². The van der Waals surface area contributed by atoms with E-state index in [4.69, 9.17) is 14.2 Å². The minimum absolute atomic E-state index is 0.183. The van der Waals surface area contributed by atoms with Crippen LogP contribution < -0.4 is 0 Å². The van der Waals surface area contributed by atoms with Gasteiger partial charge < -0.3 is 14.2 Å². The molecule has 0 saturated heterocycles. The Kier molecular flexibility index (Phi) is 15.8. The molecule has 4 heteroatoms. The average molecular weight is 328 g/mol. The molecule has 0 saturated carbocycles. The molecule has 0 aromatic heterocycles. The number of rotatable bonds is 17. The first kappa shape index (κ1) is 22.4. The van der Waals surface area contributed by atoms with Crippen LogP contribution in [0.4, 0.5) is 0 Å². The summed E-state index contributed by atoms with van der Waals surface area (Å²) in [5.41, 5.74) is 0. The first-order valence-corrected chi connectivity index (χ1v) is 9.51. The molecule has 0 atom stereocenters. The molecule has 0 rings (SSSR count). The fraction of sp³-hybridized carbons (Fsp3) is 0.947. The first-order valence-electron chi connectivity index (χ1n) is 9.51. The third-order valence-electron chi connectivity index (χ3n) is 3.86. The maximum Gasteiger partial charge on any atom is 0.283 e. The average Bonchev–Trinajstić information content (AvgIpc) is 2.56. The minimum Gasteiger partial charge on any atom is -0.375 e. The molecule has 0 aromatic rings. The monoisotopic (exact) mass is 327 g/mol. The van der Waals surface area contributed by atoms with Gasteiger partial charge in [-0.25, -0.2) is 0 Å². The lowest BCUT2D eigenvalue weighted by Gasteiger charge is -2.25. The zero-order valence-corrected chi connectivity index (χ0v) is 15.6. The van der Waals surface area contributed by atoms with Gasteiger partial charge in [-0.1, -0.05) is 64.7 Å². The maximum atomic E-state index is 9.24. The zero-order valence-electron chi connectivity index (χ0n) is 15.6. The molecule has 0 bridgehead atoms. The van der Waals surface area contributed by atoms with Crippen molar-refractivity contribution in [1.82, 2.24) is 0 Å². The van der Waals surface area contributed by atoms with Gasteiger partial charge in [0.2, 0.25) is 0 Å². The summed E-state index contributed by atoms with van der Waals surface area (Å²) in [6.07, 6.45) is 13.1. The molecular weight excluding hydrogens is 290 g/mol. The van der Waals surface area contributed by atoms with Gasteiger partial charge in [0, 0.05) is 19.8 Å². The second-order valence-electron chi connectivity index (χ2n) is 5.97. The Morgan fingerprint density at radius 3 is 1.65 bits per heavy atom. The highest BCUT2D eigenvalue weighted by Crippen LogP contribution is 2.14. The highest BCUT2D eigenvalue weighted by atomic mass is 16.7. The lowest BCUT2D eigenvalue weighted by Crippen LogP contribution is -2.39. The van der Waals surface area contributed by atoms with Crippen molar-refractivity contribution >= 4 is 0 Å². The van der Waals surface area contributed by atoms with Gasteiger partial charge in [-0.15, -0.1) is 0 Å². The molecule has 0 fully saturated rings. The second kappa shape index (κ2) is 16.2. The molecule has 0 heterocycles. The largest absolute Gasteiger partial charge is 0.375 e. The van der Waals surface area contributed by atoms with Crippen LogP contribution in [0.5, 0.6) is 0 Å². The van der Waals surface area contributed by atoms with E-state index in [-0.39, 0.29) is 6.61 Å². The van der Waals surface area contributed by atoms with Crippen molar-refractivity contribution in [1.29, 1.82) is 5.26 Å². The molecular formula is C19H37NO3. The van der Waals surface area contributed by atoms with E-state index in [9.17, 15) is 5.26 Å². The highest BCUT2D eigenvalue weighted by Gasteiger charge is 2.31. The number of unbranched alkanes of at least 4 members (excludes halogenated alkanes) is 9. The van der Waals surface area contributed by atoms with Crippen LogP contribution in [0, 0.1) is 11.3 Å². The van der Waals surface area contributed by atoms with Gasteiger partial charge in [-0.3, -0.25) is 0 Å². The van der Waals surface area contributed by atoms with Crippen molar-refractivity contribution in [2.75, 3.05) is 26.4 Å². The van der Waals surface area contributed by atoms with Crippen molar-refractivity contribution in [2.45, 2.75) is 90.8 Å². The Labute approximate surface area is 143 Å². The highest BCUT2D eigenvalue weighted by molar-refractivity contribution is 4.94. The Hall–Kier alpha value is -0.630. The van der Waals surface area contributed by atoms with Crippen molar-refractivity contribution in [3.63, 3.8) is 0 Å². The molecule has 0 unspecified atom stereocenters. The van der Waals surface area contributed by atoms with E-state index < -0.39 is 5.79 Å². The van der Waals surface area contributed by atoms with Gasteiger partial charge in [0.15, 0.2) is 0 Å². The van der Waals surface area contributed by atoms with Crippen LogP contribution in [0.3, 0.4) is 0 Å². The Morgan fingerprint density at radius 1 is 0.739 bits per heavy atom. The fourth-order valence-electron chi connectivity index (χ4n) is 2.59. The van der Waals surface area contributed by atoms with Gasteiger partial charge in [0.05, 0.1) is 0 Å². The molecule has 0 aliphatic heterocycles.